The maximum Gasteiger partial charge on any atom is 0.433 e. The second kappa shape index (κ2) is 55.3. The number of carbonyl (C=O) groups is 4. The number of carbonyl (C=O) groups excluding carboxylic acids is 3. The largest absolute Gasteiger partial charge is 0.481 e. The van der Waals surface area contributed by atoms with E-state index in [9.17, 15) is 127 Å². The molecule has 0 amide bonds. The first kappa shape index (κ1) is 123. The van der Waals surface area contributed by atoms with Crippen LogP contribution in [0.15, 0.2) is 185 Å². The zero-order valence-corrected chi connectivity index (χ0v) is 85.6. The number of aromatic nitrogens is 3. The van der Waals surface area contributed by atoms with E-state index in [1.54, 1.807) is 100 Å². The van der Waals surface area contributed by atoms with E-state index >= 15 is 0 Å². The van der Waals surface area contributed by atoms with Crippen molar-refractivity contribution >= 4 is 128 Å². The predicted octanol–water partition coefficient (Wildman–Crippen LogP) is 20.7. The summed E-state index contributed by atoms with van der Waals surface area (Å²) >= 11 is 17.5. The molecule has 21 nitrogen and oxygen atoms in total. The molecule has 0 fully saturated rings. The number of pyridine rings is 3. The van der Waals surface area contributed by atoms with E-state index in [1.807, 2.05) is 0 Å². The number of hydrogen-bond acceptors (Lipinski definition) is 20. The Balaban J connectivity index is 0.000000354. The summed E-state index contributed by atoms with van der Waals surface area (Å²) in [6, 6.07) is 41.3. The van der Waals surface area contributed by atoms with Crippen molar-refractivity contribution in [3.8, 4) is 11.3 Å². The van der Waals surface area contributed by atoms with E-state index in [1.165, 1.54) is 85.8 Å². The quantitative estimate of drug-likeness (QED) is 0.0195. The lowest BCUT2D eigenvalue weighted by molar-refractivity contribution is -0.144. The molecule has 140 heavy (non-hydrogen) atoms. The number of halogens is 19. The van der Waals surface area contributed by atoms with Crippen molar-refractivity contribution in [2.45, 2.75) is 148 Å². The Bertz CT molecular complexity index is 6540. The molecule has 10 aromatic rings. The van der Waals surface area contributed by atoms with E-state index < -0.39 is 144 Å². The van der Waals surface area contributed by atoms with Crippen LogP contribution in [0.3, 0.4) is 0 Å². The van der Waals surface area contributed by atoms with Gasteiger partial charge in [0.1, 0.15) is 123 Å². The van der Waals surface area contributed by atoms with E-state index in [0.717, 1.165) is 60.0 Å². The second-order valence-electron chi connectivity index (χ2n) is 31.9. The number of alkyl halides is 9. The summed E-state index contributed by atoms with van der Waals surface area (Å²) in [6.07, 6.45) is -7.37. The molecule has 3 heterocycles. The van der Waals surface area contributed by atoms with Crippen molar-refractivity contribution in [1.29, 1.82) is 0 Å². The summed E-state index contributed by atoms with van der Waals surface area (Å²) in [4.78, 5) is 57.9. The standard InChI is InChI=1S/C26H25F4NO3S.C20H20ClF4NO3S.C14H19FO4S.C12H15FO4S.C9H10BrFO2S.C7H7BrFN.C7H6ClF3N2/c1-17(21-9-8-18(22(27)16-21)14-15-35(2,33)34)23(32)12-10-20-11-13-24(26(28,29)30)31-25(20)19-6-4-3-5-7-19;1-12(15-4-3-13(16(22)11-15)9-10-30(2,28)29)17(27)7-5-14-6-8-18(20(23,24)25)26-19(14)21;1-4-19-14(16)10(2)12-6-5-11(13(15)9-12)7-8-20(3,17)18;1-8(12(14)15)10-4-3-9(11(13)7-10)5-6-18(2,16)17;1-14(12,13)5-4-7-2-3-8(10)6-9(7)11;8-6-2-1-5(4-10)7(9)3-6;8-6-4(3-12)1-2-5(13-6)7(9,10)11/h3-9,11,13,16-17H,10,12,14-15H2,1-2H3;3-4,6,8,11-12H,5,7,9-10H2,1-2H3;5-6,9-10H,4,7-8H2,1-3H3;3-4,7-8H,5-6H2,1-2H3,(H,14,15);2-3,6H,4-5H2,1H3;1-3H,4,10H2;1-2H,3,12H2. The van der Waals surface area contributed by atoms with Gasteiger partial charge in [-0.1, -0.05) is 178 Å². The molecule has 0 aliphatic rings. The predicted molar refractivity (Wildman–Crippen MR) is 514 cm³/mol. The maximum atomic E-state index is 14.5. The molecule has 10 rings (SSSR count). The Hall–Kier alpha value is -9.57. The average molecular weight is 2250 g/mol. The fraction of sp³-hybridized carbons (Fsp3) is 0.358. The fourth-order valence-corrected chi connectivity index (χ4v) is 16.3. The molecule has 45 heteroatoms. The van der Waals surface area contributed by atoms with Gasteiger partial charge in [0.15, 0.2) is 0 Å². The molecule has 4 atom stereocenters. The third kappa shape index (κ3) is 44.5. The van der Waals surface area contributed by atoms with Gasteiger partial charge in [-0.3, -0.25) is 19.2 Å². The van der Waals surface area contributed by atoms with E-state index in [2.05, 4.69) is 46.8 Å². The molecule has 5 N–H and O–H groups in total. The minimum atomic E-state index is -4.61. The van der Waals surface area contributed by atoms with Crippen LogP contribution in [0.5, 0.6) is 0 Å². The van der Waals surface area contributed by atoms with Crippen molar-refractivity contribution < 1.29 is 137 Å². The highest BCUT2D eigenvalue weighted by molar-refractivity contribution is 9.10. The third-order valence-corrected chi connectivity index (χ3v) is 26.9. The van der Waals surface area contributed by atoms with Gasteiger partial charge in [0.2, 0.25) is 0 Å². The molecule has 7 aromatic carbocycles. The zero-order chi connectivity index (χ0) is 106. The van der Waals surface area contributed by atoms with E-state index in [4.69, 9.17) is 44.5 Å². The number of ether oxygens (including phenoxy) is 1. The lowest BCUT2D eigenvalue weighted by Gasteiger charge is -2.15. The molecular weight excluding hydrogens is 2140 g/mol. The number of sulfone groups is 5. The number of nitrogens with zero attached hydrogens (tertiary/aromatic N) is 3. The summed E-state index contributed by atoms with van der Waals surface area (Å²) in [6.45, 7) is 8.65. The number of carboxylic acid groups (broad SMARTS) is 1. The molecule has 4 unspecified atom stereocenters. The first-order valence-corrected chi connectivity index (χ1v) is 54.6. The number of esters is 1. The van der Waals surface area contributed by atoms with Gasteiger partial charge in [0.25, 0.3) is 0 Å². The molecule has 0 bridgehead atoms. The number of carboxylic acids is 1. The summed E-state index contributed by atoms with van der Waals surface area (Å²) in [5.41, 5.74) is 13.1. The number of nitrogens with two attached hydrogens (primary N) is 2. The van der Waals surface area contributed by atoms with Crippen LogP contribution < -0.4 is 11.5 Å². The van der Waals surface area contributed by atoms with Crippen molar-refractivity contribution in [2.24, 2.45) is 11.5 Å². The van der Waals surface area contributed by atoms with E-state index in [0.29, 0.717) is 65.7 Å². The number of aliphatic carboxylic acids is 1. The molecule has 0 aliphatic heterocycles. The Kier molecular flexibility index (Phi) is 48.5. The molecule has 0 saturated carbocycles. The summed E-state index contributed by atoms with van der Waals surface area (Å²) in [7, 11) is -15.8. The highest BCUT2D eigenvalue weighted by atomic mass is 79.9. The van der Waals surface area contributed by atoms with Crippen LogP contribution in [0.25, 0.3) is 11.3 Å². The summed E-state index contributed by atoms with van der Waals surface area (Å²) in [5, 5.41) is 8.29. The first-order chi connectivity index (χ1) is 64.6. The van der Waals surface area contributed by atoms with Gasteiger partial charge in [-0.15, -0.1) is 0 Å². The van der Waals surface area contributed by atoms with Crippen LogP contribution >= 0.6 is 55.1 Å². The first-order valence-electron chi connectivity index (χ1n) is 42.0. The molecule has 0 radical (unpaired) electrons. The van der Waals surface area contributed by atoms with Gasteiger partial charge < -0.3 is 21.3 Å². The lowest BCUT2D eigenvalue weighted by atomic mass is 9.91. The molecular formula is C95H102Br2Cl2F15N5O16S5. The molecule has 0 spiro atoms. The van der Waals surface area contributed by atoms with Crippen LogP contribution in [0, 0.1) is 34.9 Å². The van der Waals surface area contributed by atoms with Gasteiger partial charge in [-0.25, -0.2) is 83.4 Å². The molecule has 766 valence electrons. The van der Waals surface area contributed by atoms with Crippen molar-refractivity contribution in [2.75, 3.05) is 66.6 Å². The SMILES string of the molecule is CC(C(=O)CCc1ccc(C(F)(F)F)nc1-c1ccccc1)c1ccc(CCS(C)(=O)=O)c(F)c1.CC(C(=O)CCc1ccc(C(F)(F)F)nc1Cl)c1ccc(CCS(C)(=O)=O)c(F)c1.CC(C(=O)O)c1ccc(CCS(C)(=O)=O)c(F)c1.CCOC(=O)C(C)c1ccc(CCS(C)(=O)=O)c(F)c1.CS(=O)(=O)CCc1ccc(Br)cc1F.NCc1ccc(Br)cc1F.NCc1ccc(C(F)(F)F)nc1Cl. The summed E-state index contributed by atoms with van der Waals surface area (Å²) < 4.78 is 313. The van der Waals surface area contributed by atoms with Crippen molar-refractivity contribution in [3.05, 3.63) is 319 Å². The lowest BCUT2D eigenvalue weighted by Crippen LogP contribution is -2.13. The highest BCUT2D eigenvalue weighted by Crippen LogP contribution is 2.36. The number of benzene rings is 7. The number of hydrogen-bond donors (Lipinski definition) is 3. The van der Waals surface area contributed by atoms with Gasteiger partial charge in [-0.2, -0.15) is 39.5 Å². The van der Waals surface area contributed by atoms with Crippen molar-refractivity contribution in [1.82, 2.24) is 15.0 Å². The second-order valence-corrected chi connectivity index (χ2v) is 45.8. The van der Waals surface area contributed by atoms with Gasteiger partial charge in [0, 0.05) is 94.7 Å². The maximum absolute atomic E-state index is 14.5. The number of ketones is 2. The monoisotopic (exact) mass is 2240 g/mol. The van der Waals surface area contributed by atoms with Crippen LogP contribution in [-0.2, 0) is 150 Å². The average Bonchev–Trinajstić information content (AvgIpc) is 0.802. The van der Waals surface area contributed by atoms with Crippen molar-refractivity contribution in [3.63, 3.8) is 0 Å². The highest BCUT2D eigenvalue weighted by Gasteiger charge is 2.36. The number of aryl methyl sites for hydroxylation is 7. The Labute approximate surface area is 830 Å². The smallest absolute Gasteiger partial charge is 0.433 e. The van der Waals surface area contributed by atoms with Crippen LogP contribution in [0.1, 0.15) is 161 Å². The minimum absolute atomic E-state index is 0.00855. The van der Waals surface area contributed by atoms with Crippen LogP contribution in [-0.4, -0.2) is 152 Å². The number of rotatable bonds is 33. The Morgan fingerprint density at radius 1 is 0.364 bits per heavy atom. The zero-order valence-electron chi connectivity index (χ0n) is 76.9. The molecule has 3 aromatic heterocycles. The van der Waals surface area contributed by atoms with Crippen LogP contribution in [0.2, 0.25) is 10.3 Å². The third-order valence-electron chi connectivity index (χ3n) is 20.5. The molecule has 0 saturated heterocycles. The van der Waals surface area contributed by atoms with Gasteiger partial charge in [0.05, 0.1) is 52.9 Å². The van der Waals surface area contributed by atoms with Gasteiger partial charge in [-0.05, 0) is 194 Å². The fourth-order valence-electron chi connectivity index (χ4n) is 12.2. The van der Waals surface area contributed by atoms with Gasteiger partial charge >= 0.3 is 30.5 Å². The Morgan fingerprint density at radius 2 is 0.636 bits per heavy atom. The normalized spacial score (nSPS) is 12.6. The number of Topliss-reactive ketones (excluding diaryl/α,β-unsaturated/α-hetero) is 2. The van der Waals surface area contributed by atoms with E-state index in [-0.39, 0.29) is 162 Å². The minimum Gasteiger partial charge on any atom is -0.481 e. The Morgan fingerprint density at radius 3 is 0.921 bits per heavy atom. The summed E-state index contributed by atoms with van der Waals surface area (Å²) in [5.74, 6) is -7.98. The topological polar surface area (TPSA) is 359 Å². The van der Waals surface area contributed by atoms with Crippen LogP contribution in [0.4, 0.5) is 65.9 Å². The molecule has 0 aliphatic carbocycles.